The van der Waals surface area contributed by atoms with Crippen LogP contribution in [-0.2, 0) is 4.79 Å². The van der Waals surface area contributed by atoms with E-state index in [1.807, 2.05) is 5.38 Å². The number of halogens is 1. The van der Waals surface area contributed by atoms with Crippen molar-refractivity contribution in [3.8, 4) is 0 Å². The largest absolute Gasteiger partial charge is 0.481 e. The van der Waals surface area contributed by atoms with E-state index >= 15 is 0 Å². The summed E-state index contributed by atoms with van der Waals surface area (Å²) < 4.78 is 0.756. The average Bonchev–Trinajstić information content (AvgIpc) is 2.47. The highest BCUT2D eigenvalue weighted by Gasteiger charge is 2.16. The zero-order valence-corrected chi connectivity index (χ0v) is 9.14. The molecule has 0 aliphatic rings. The first-order valence-electron chi connectivity index (χ1n) is 3.66. The first-order valence-corrected chi connectivity index (χ1v) is 5.33. The highest BCUT2D eigenvalue weighted by molar-refractivity contribution is 9.11. The van der Waals surface area contributed by atoms with Crippen LogP contribution in [0.4, 0.5) is 0 Å². The van der Waals surface area contributed by atoms with Gasteiger partial charge in [-0.1, -0.05) is 0 Å². The Morgan fingerprint density at radius 2 is 2.54 bits per heavy atom. The number of rotatable bonds is 4. The van der Waals surface area contributed by atoms with Crippen molar-refractivity contribution in [2.24, 2.45) is 5.73 Å². The standard InChI is InChI=1S/C7H9BrN2O2S/c8-7-10-5(3-13-7)4(2-9)1-6(11)12/h3-4H,1-2,9H2,(H,11,12). The van der Waals surface area contributed by atoms with Gasteiger partial charge in [-0.15, -0.1) is 11.3 Å². The molecule has 72 valence electrons. The number of nitrogens with two attached hydrogens (primary N) is 1. The lowest BCUT2D eigenvalue weighted by Crippen LogP contribution is -2.16. The minimum absolute atomic E-state index is 0.0344. The third-order valence-electron chi connectivity index (χ3n) is 1.62. The van der Waals surface area contributed by atoms with Gasteiger partial charge in [-0.05, 0) is 15.9 Å². The molecule has 0 spiro atoms. The second kappa shape index (κ2) is 4.69. The summed E-state index contributed by atoms with van der Waals surface area (Å²) >= 11 is 4.65. The Kier molecular flexibility index (Phi) is 3.83. The Balaban J connectivity index is 2.72. The Morgan fingerprint density at radius 1 is 1.85 bits per heavy atom. The molecule has 0 radical (unpaired) electrons. The van der Waals surface area contributed by atoms with Gasteiger partial charge in [0.1, 0.15) is 0 Å². The van der Waals surface area contributed by atoms with Crippen molar-refractivity contribution in [3.63, 3.8) is 0 Å². The van der Waals surface area contributed by atoms with Gasteiger partial charge < -0.3 is 10.8 Å². The number of thiazole rings is 1. The summed E-state index contributed by atoms with van der Waals surface area (Å²) in [7, 11) is 0. The van der Waals surface area contributed by atoms with Crippen molar-refractivity contribution in [2.75, 3.05) is 6.54 Å². The molecule has 0 aliphatic heterocycles. The van der Waals surface area contributed by atoms with Gasteiger partial charge in [-0.3, -0.25) is 4.79 Å². The van der Waals surface area contributed by atoms with Crippen LogP contribution in [0, 0.1) is 0 Å². The van der Waals surface area contributed by atoms with Crippen LogP contribution in [0.15, 0.2) is 9.30 Å². The summed E-state index contributed by atoms with van der Waals surface area (Å²) in [5.41, 5.74) is 6.20. The van der Waals surface area contributed by atoms with Crippen molar-refractivity contribution in [3.05, 3.63) is 15.0 Å². The van der Waals surface area contributed by atoms with E-state index in [-0.39, 0.29) is 12.3 Å². The normalized spacial score (nSPS) is 12.8. The summed E-state index contributed by atoms with van der Waals surface area (Å²) in [6.07, 6.45) is 0.0344. The lowest BCUT2D eigenvalue weighted by Gasteiger charge is -2.07. The molecule has 4 nitrogen and oxygen atoms in total. The lowest BCUT2D eigenvalue weighted by molar-refractivity contribution is -0.137. The second-order valence-corrected chi connectivity index (χ2v) is 4.69. The number of carboxylic acids is 1. The number of hydrogen-bond donors (Lipinski definition) is 2. The molecule has 6 heteroatoms. The van der Waals surface area contributed by atoms with Crippen molar-refractivity contribution in [2.45, 2.75) is 12.3 Å². The Bertz CT molecular complexity index is 302. The maximum atomic E-state index is 10.5. The summed E-state index contributed by atoms with van der Waals surface area (Å²) in [6.45, 7) is 0.308. The van der Waals surface area contributed by atoms with Crippen LogP contribution in [0.2, 0.25) is 0 Å². The van der Waals surface area contributed by atoms with Gasteiger partial charge in [0.05, 0.1) is 12.1 Å². The predicted octanol–water partition coefficient (Wildman–Crippen LogP) is 1.42. The van der Waals surface area contributed by atoms with Gasteiger partial charge in [-0.2, -0.15) is 0 Å². The number of hydrogen-bond acceptors (Lipinski definition) is 4. The summed E-state index contributed by atoms with van der Waals surface area (Å²) in [5, 5.41) is 10.4. The molecule has 13 heavy (non-hydrogen) atoms. The molecule has 0 bridgehead atoms. The molecule has 1 aromatic heterocycles. The molecule has 0 saturated carbocycles. The average molecular weight is 265 g/mol. The molecule has 0 aliphatic carbocycles. The van der Waals surface area contributed by atoms with Crippen LogP contribution >= 0.6 is 27.3 Å². The van der Waals surface area contributed by atoms with E-state index in [0.717, 1.165) is 9.61 Å². The topological polar surface area (TPSA) is 76.2 Å². The predicted molar refractivity (Wildman–Crippen MR) is 53.9 cm³/mol. The molecule has 3 N–H and O–H groups in total. The van der Waals surface area contributed by atoms with Gasteiger partial charge in [0.25, 0.3) is 0 Å². The molecule has 0 amide bonds. The van der Waals surface area contributed by atoms with Crippen LogP contribution in [-0.4, -0.2) is 22.6 Å². The first-order chi connectivity index (χ1) is 6.13. The quantitative estimate of drug-likeness (QED) is 0.863. The molecular formula is C7H9BrN2O2S. The number of aromatic nitrogens is 1. The van der Waals surface area contributed by atoms with Gasteiger partial charge in [-0.25, -0.2) is 4.98 Å². The SMILES string of the molecule is NCC(CC(=O)O)c1csc(Br)n1. The Morgan fingerprint density at radius 3 is 2.92 bits per heavy atom. The fourth-order valence-corrected chi connectivity index (χ4v) is 2.08. The second-order valence-electron chi connectivity index (χ2n) is 2.56. The molecule has 1 atom stereocenters. The molecule has 1 aromatic rings. The minimum Gasteiger partial charge on any atom is -0.481 e. The molecule has 1 heterocycles. The van der Waals surface area contributed by atoms with Crippen LogP contribution in [0.5, 0.6) is 0 Å². The summed E-state index contributed by atoms with van der Waals surface area (Å²) in [5.74, 6) is -1.03. The van der Waals surface area contributed by atoms with Gasteiger partial charge >= 0.3 is 5.97 Å². The Labute approximate surface area is 87.9 Å². The van der Waals surface area contributed by atoms with Crippen LogP contribution in [0.3, 0.4) is 0 Å². The molecule has 1 rings (SSSR count). The fraction of sp³-hybridized carbons (Fsp3) is 0.429. The van der Waals surface area contributed by atoms with E-state index in [2.05, 4.69) is 20.9 Å². The van der Waals surface area contributed by atoms with Crippen molar-refractivity contribution >= 4 is 33.2 Å². The zero-order valence-electron chi connectivity index (χ0n) is 6.74. The third-order valence-corrected chi connectivity index (χ3v) is 3.00. The van der Waals surface area contributed by atoms with Gasteiger partial charge in [0, 0.05) is 17.8 Å². The van der Waals surface area contributed by atoms with E-state index in [0.29, 0.717) is 6.54 Å². The van der Waals surface area contributed by atoms with Crippen LogP contribution < -0.4 is 5.73 Å². The third kappa shape index (κ3) is 3.06. The molecule has 0 fully saturated rings. The van der Waals surface area contributed by atoms with E-state index in [1.54, 1.807) is 0 Å². The lowest BCUT2D eigenvalue weighted by atomic mass is 10.0. The molecule has 1 unspecified atom stereocenters. The maximum Gasteiger partial charge on any atom is 0.304 e. The molecule has 0 saturated heterocycles. The monoisotopic (exact) mass is 264 g/mol. The number of carboxylic acid groups (broad SMARTS) is 1. The highest BCUT2D eigenvalue weighted by atomic mass is 79.9. The number of aliphatic carboxylic acids is 1. The maximum absolute atomic E-state index is 10.5. The summed E-state index contributed by atoms with van der Waals surface area (Å²) in [6, 6.07) is 0. The van der Waals surface area contributed by atoms with Crippen LogP contribution in [0.25, 0.3) is 0 Å². The van der Waals surface area contributed by atoms with E-state index in [4.69, 9.17) is 10.8 Å². The first kappa shape index (κ1) is 10.6. The molecular weight excluding hydrogens is 256 g/mol. The van der Waals surface area contributed by atoms with Crippen molar-refractivity contribution in [1.82, 2.24) is 4.98 Å². The Hall–Kier alpha value is -0.460. The van der Waals surface area contributed by atoms with E-state index in [1.165, 1.54) is 11.3 Å². The fourth-order valence-electron chi connectivity index (χ4n) is 0.970. The number of nitrogens with zero attached hydrogens (tertiary/aromatic N) is 1. The smallest absolute Gasteiger partial charge is 0.304 e. The van der Waals surface area contributed by atoms with Crippen molar-refractivity contribution in [1.29, 1.82) is 0 Å². The summed E-state index contributed by atoms with van der Waals surface area (Å²) in [4.78, 5) is 14.6. The van der Waals surface area contributed by atoms with E-state index < -0.39 is 5.97 Å². The molecule has 0 aromatic carbocycles. The highest BCUT2D eigenvalue weighted by Crippen LogP contribution is 2.23. The van der Waals surface area contributed by atoms with Crippen LogP contribution in [0.1, 0.15) is 18.0 Å². The van der Waals surface area contributed by atoms with Crippen molar-refractivity contribution < 1.29 is 9.90 Å². The minimum atomic E-state index is -0.848. The van der Waals surface area contributed by atoms with E-state index in [9.17, 15) is 4.79 Å². The zero-order chi connectivity index (χ0) is 9.84. The number of carbonyl (C=O) groups is 1. The van der Waals surface area contributed by atoms with Gasteiger partial charge in [0.2, 0.25) is 0 Å². The van der Waals surface area contributed by atoms with Gasteiger partial charge in [0.15, 0.2) is 3.92 Å².